The van der Waals surface area contributed by atoms with Gasteiger partial charge < -0.3 is 5.32 Å². The summed E-state index contributed by atoms with van der Waals surface area (Å²) in [7, 11) is -3.72. The molecule has 0 saturated carbocycles. The summed E-state index contributed by atoms with van der Waals surface area (Å²) in [5, 5.41) is 17.2. The highest BCUT2D eigenvalue weighted by molar-refractivity contribution is 7.93. The maximum Gasteiger partial charge on any atom is 0.263 e. The number of allylic oxidation sites excluding steroid dienone is 1. The summed E-state index contributed by atoms with van der Waals surface area (Å²) < 4.78 is 27.4. The maximum atomic E-state index is 12.5. The Balaban J connectivity index is 1.44. The monoisotopic (exact) mass is 521 g/mol. The van der Waals surface area contributed by atoms with E-state index in [2.05, 4.69) is 64.2 Å². The van der Waals surface area contributed by atoms with Gasteiger partial charge in [-0.3, -0.25) is 4.72 Å². The molecule has 2 aromatic carbocycles. The molecule has 0 bridgehead atoms. The number of anilines is 2. The lowest BCUT2D eigenvalue weighted by molar-refractivity contribution is 0.601. The molecule has 0 aliphatic heterocycles. The van der Waals surface area contributed by atoms with Gasteiger partial charge in [-0.05, 0) is 42.2 Å². The zero-order valence-corrected chi connectivity index (χ0v) is 21.5. The first-order valence-corrected chi connectivity index (χ1v) is 14.0. The van der Waals surface area contributed by atoms with Crippen molar-refractivity contribution in [2.45, 2.75) is 25.2 Å². The van der Waals surface area contributed by atoms with Crippen molar-refractivity contribution in [3.63, 3.8) is 0 Å². The number of aromatic nitrogens is 2. The van der Waals surface area contributed by atoms with Crippen molar-refractivity contribution in [3.8, 4) is 17.3 Å². The van der Waals surface area contributed by atoms with Gasteiger partial charge in [-0.25, -0.2) is 18.4 Å². The van der Waals surface area contributed by atoms with Crippen LogP contribution in [0.4, 0.5) is 10.8 Å². The molecule has 0 saturated heterocycles. The molecule has 2 N–H and O–H groups in total. The predicted molar refractivity (Wildman–Crippen MR) is 143 cm³/mol. The van der Waals surface area contributed by atoms with Gasteiger partial charge in [0.2, 0.25) is 0 Å². The van der Waals surface area contributed by atoms with E-state index in [0.717, 1.165) is 17.7 Å². The average Bonchev–Trinajstić information content (AvgIpc) is 3.52. The number of hydrogen-bond donors (Lipinski definition) is 2. The lowest BCUT2D eigenvalue weighted by Crippen LogP contribution is -2.12. The topological polar surface area (TPSA) is 108 Å². The fourth-order valence-electron chi connectivity index (χ4n) is 3.29. The number of thiazole rings is 2. The first-order chi connectivity index (χ1) is 16.8. The Morgan fingerprint density at radius 3 is 2.49 bits per heavy atom. The van der Waals surface area contributed by atoms with Crippen LogP contribution < -0.4 is 10.0 Å². The van der Waals surface area contributed by atoms with E-state index in [9.17, 15) is 13.7 Å². The van der Waals surface area contributed by atoms with Gasteiger partial charge in [-0.15, -0.1) is 22.7 Å². The number of hydrogen-bond acceptors (Lipinski definition) is 8. The summed E-state index contributed by atoms with van der Waals surface area (Å²) in [6.07, 6.45) is 4.14. The first kappa shape index (κ1) is 24.6. The number of nitrogens with one attached hydrogen (secondary N) is 2. The van der Waals surface area contributed by atoms with Gasteiger partial charge in [-0.1, -0.05) is 38.1 Å². The summed E-state index contributed by atoms with van der Waals surface area (Å²) in [6, 6.07) is 16.8. The Hall–Kier alpha value is -3.52. The Morgan fingerprint density at radius 2 is 1.86 bits per heavy atom. The number of sulfonamides is 1. The molecule has 10 heteroatoms. The summed E-state index contributed by atoms with van der Waals surface area (Å²) in [4.78, 5) is 8.69. The van der Waals surface area contributed by atoms with Gasteiger partial charge in [0.25, 0.3) is 10.0 Å². The van der Waals surface area contributed by atoms with Gasteiger partial charge in [-0.2, -0.15) is 5.26 Å². The predicted octanol–water partition coefficient (Wildman–Crippen LogP) is 6.24. The highest BCUT2D eigenvalue weighted by Gasteiger charge is 2.15. The van der Waals surface area contributed by atoms with E-state index in [0.29, 0.717) is 27.3 Å². The van der Waals surface area contributed by atoms with Crippen LogP contribution in [0.5, 0.6) is 0 Å². The second kappa shape index (κ2) is 10.8. The smallest absolute Gasteiger partial charge is 0.263 e. The Kier molecular flexibility index (Phi) is 7.60. The SMILES string of the molecule is CC(C)Cc1ccc(-c2csc(C(C#N)=CNc3ccc(S(=O)(=O)Nc4nccs4)cc3)n2)cc1. The largest absolute Gasteiger partial charge is 0.360 e. The van der Waals surface area contributed by atoms with E-state index in [1.165, 1.54) is 46.6 Å². The molecule has 0 atom stereocenters. The molecular weight excluding hydrogens is 499 g/mol. The Bertz CT molecular complexity index is 1450. The highest BCUT2D eigenvalue weighted by Crippen LogP contribution is 2.27. The minimum absolute atomic E-state index is 0.117. The molecule has 0 aliphatic rings. The van der Waals surface area contributed by atoms with Crippen molar-refractivity contribution >= 4 is 49.1 Å². The summed E-state index contributed by atoms with van der Waals surface area (Å²) in [6.45, 7) is 4.39. The zero-order valence-electron chi connectivity index (χ0n) is 19.1. The van der Waals surface area contributed by atoms with Gasteiger partial charge in [0.15, 0.2) is 5.13 Å². The van der Waals surface area contributed by atoms with Crippen LogP contribution in [0.3, 0.4) is 0 Å². The molecule has 4 aromatic rings. The van der Waals surface area contributed by atoms with Crippen LogP contribution in [0, 0.1) is 17.2 Å². The summed E-state index contributed by atoms with van der Waals surface area (Å²) in [5.41, 5.74) is 4.15. The van der Waals surface area contributed by atoms with Crippen LogP contribution in [0.1, 0.15) is 24.4 Å². The van der Waals surface area contributed by atoms with Crippen LogP contribution in [-0.2, 0) is 16.4 Å². The Morgan fingerprint density at radius 1 is 1.11 bits per heavy atom. The van der Waals surface area contributed by atoms with E-state index in [-0.39, 0.29) is 4.90 Å². The fraction of sp³-hybridized carbons (Fsp3) is 0.160. The minimum atomic E-state index is -3.72. The van der Waals surface area contributed by atoms with Crippen LogP contribution in [-0.4, -0.2) is 18.4 Å². The fourth-order valence-corrected chi connectivity index (χ4v) is 5.87. The van der Waals surface area contributed by atoms with E-state index >= 15 is 0 Å². The lowest BCUT2D eigenvalue weighted by atomic mass is 10.0. The number of nitriles is 1. The van der Waals surface area contributed by atoms with Gasteiger partial charge in [0.05, 0.1) is 10.6 Å². The molecule has 0 amide bonds. The van der Waals surface area contributed by atoms with Crippen molar-refractivity contribution < 1.29 is 8.42 Å². The molecule has 0 radical (unpaired) electrons. The van der Waals surface area contributed by atoms with E-state index in [1.807, 2.05) is 5.38 Å². The third-order valence-corrected chi connectivity index (χ3v) is 8.00. The van der Waals surface area contributed by atoms with Gasteiger partial charge in [0.1, 0.15) is 16.6 Å². The molecule has 2 aromatic heterocycles. The molecule has 4 rings (SSSR count). The highest BCUT2D eigenvalue weighted by atomic mass is 32.2. The molecule has 0 fully saturated rings. The van der Waals surface area contributed by atoms with Crippen molar-refractivity contribution in [2.75, 3.05) is 10.0 Å². The van der Waals surface area contributed by atoms with Crippen molar-refractivity contribution in [1.82, 2.24) is 9.97 Å². The van der Waals surface area contributed by atoms with Crippen LogP contribution in [0.2, 0.25) is 0 Å². The standard InChI is InChI=1S/C25H23N5O2S3/c1-17(2)13-18-3-5-19(6-4-18)23-16-34-24(29-23)20(14-26)15-28-21-7-9-22(10-8-21)35(31,32)30-25-27-11-12-33-25/h3-12,15-17,28H,13H2,1-2H3,(H,27,30). The maximum absolute atomic E-state index is 12.5. The molecule has 7 nitrogen and oxygen atoms in total. The number of rotatable bonds is 9. The third kappa shape index (κ3) is 6.33. The molecule has 0 aliphatic carbocycles. The zero-order chi connectivity index (χ0) is 24.8. The summed E-state index contributed by atoms with van der Waals surface area (Å²) in [5.74, 6) is 0.600. The third-order valence-electron chi connectivity index (χ3n) is 4.95. The second-order valence-electron chi connectivity index (χ2n) is 8.11. The molecular formula is C25H23N5O2S3. The number of nitrogens with zero attached hydrogens (tertiary/aromatic N) is 3. The van der Waals surface area contributed by atoms with Gasteiger partial charge >= 0.3 is 0 Å². The van der Waals surface area contributed by atoms with E-state index in [1.54, 1.807) is 23.7 Å². The van der Waals surface area contributed by atoms with Crippen molar-refractivity contribution in [1.29, 1.82) is 5.26 Å². The Labute approximate surface area is 212 Å². The lowest BCUT2D eigenvalue weighted by Gasteiger charge is -2.07. The van der Waals surface area contributed by atoms with Crippen molar-refractivity contribution in [3.05, 3.63) is 82.3 Å². The van der Waals surface area contributed by atoms with E-state index < -0.39 is 10.0 Å². The van der Waals surface area contributed by atoms with Crippen molar-refractivity contribution in [2.24, 2.45) is 5.92 Å². The minimum Gasteiger partial charge on any atom is -0.360 e. The molecule has 0 unspecified atom stereocenters. The number of benzene rings is 2. The molecule has 178 valence electrons. The van der Waals surface area contributed by atoms with Crippen LogP contribution in [0.25, 0.3) is 16.8 Å². The first-order valence-electron chi connectivity index (χ1n) is 10.8. The van der Waals surface area contributed by atoms with Crippen LogP contribution >= 0.6 is 22.7 Å². The molecule has 35 heavy (non-hydrogen) atoms. The van der Waals surface area contributed by atoms with E-state index in [4.69, 9.17) is 0 Å². The summed E-state index contributed by atoms with van der Waals surface area (Å²) >= 11 is 2.61. The average molecular weight is 522 g/mol. The quantitative estimate of drug-likeness (QED) is 0.252. The second-order valence-corrected chi connectivity index (χ2v) is 11.5. The van der Waals surface area contributed by atoms with Crippen LogP contribution in [0.15, 0.2) is 76.6 Å². The normalized spacial score (nSPS) is 11.9. The molecule has 2 heterocycles. The molecule has 0 spiro atoms. The van der Waals surface area contributed by atoms with Gasteiger partial charge in [0, 0.05) is 34.4 Å².